The van der Waals surface area contributed by atoms with E-state index in [0.29, 0.717) is 12.0 Å². The van der Waals surface area contributed by atoms with Crippen LogP contribution < -0.4 is 5.32 Å². The molecule has 1 saturated carbocycles. The summed E-state index contributed by atoms with van der Waals surface area (Å²) >= 11 is 0. The van der Waals surface area contributed by atoms with Gasteiger partial charge in [-0.25, -0.2) is 9.18 Å². The highest BCUT2D eigenvalue weighted by Gasteiger charge is 2.43. The number of ether oxygens (including phenoxy) is 1. The number of methoxy groups -OCH3 is 1. The smallest absolute Gasteiger partial charge is 0.330 e. The molecule has 1 aromatic carbocycles. The van der Waals surface area contributed by atoms with Crippen molar-refractivity contribution in [1.82, 2.24) is 5.32 Å². The van der Waals surface area contributed by atoms with Crippen LogP contribution in [0.2, 0.25) is 0 Å². The van der Waals surface area contributed by atoms with Gasteiger partial charge in [-0.3, -0.25) is 5.32 Å². The molecule has 1 unspecified atom stereocenters. The second kappa shape index (κ2) is 7.03. The van der Waals surface area contributed by atoms with E-state index in [-0.39, 0.29) is 11.9 Å². The Labute approximate surface area is 125 Å². The van der Waals surface area contributed by atoms with Crippen LogP contribution in [0.15, 0.2) is 24.3 Å². The maximum atomic E-state index is 14.3. The summed E-state index contributed by atoms with van der Waals surface area (Å²) < 4.78 is 19.3. The first kappa shape index (κ1) is 16.0. The van der Waals surface area contributed by atoms with Crippen molar-refractivity contribution in [3.8, 4) is 0 Å². The number of carbonyl (C=O) groups is 1. The number of hydrogen-bond donors (Lipinski definition) is 1. The van der Waals surface area contributed by atoms with Crippen molar-refractivity contribution in [2.45, 2.75) is 57.0 Å². The topological polar surface area (TPSA) is 38.3 Å². The summed E-state index contributed by atoms with van der Waals surface area (Å²) in [5.41, 5.74) is -0.716. The van der Waals surface area contributed by atoms with E-state index in [4.69, 9.17) is 4.74 Å². The summed E-state index contributed by atoms with van der Waals surface area (Å²) in [5, 5.41) is 3.41. The summed E-state index contributed by atoms with van der Waals surface area (Å²) in [7, 11) is 1.36. The molecule has 0 bridgehead atoms. The number of rotatable bonds is 5. The fraction of sp³-hybridized carbons (Fsp3) is 0.588. The van der Waals surface area contributed by atoms with Gasteiger partial charge < -0.3 is 4.74 Å². The van der Waals surface area contributed by atoms with Crippen LogP contribution >= 0.6 is 0 Å². The van der Waals surface area contributed by atoms with E-state index in [0.717, 1.165) is 25.7 Å². The van der Waals surface area contributed by atoms with Crippen molar-refractivity contribution in [1.29, 1.82) is 0 Å². The molecular weight excluding hydrogens is 269 g/mol. The summed E-state index contributed by atoms with van der Waals surface area (Å²) in [6, 6.07) is 6.69. The quantitative estimate of drug-likeness (QED) is 0.844. The zero-order valence-corrected chi connectivity index (χ0v) is 12.8. The van der Waals surface area contributed by atoms with Gasteiger partial charge in [-0.2, -0.15) is 0 Å². The van der Waals surface area contributed by atoms with Crippen molar-refractivity contribution in [2.75, 3.05) is 7.11 Å². The fourth-order valence-electron chi connectivity index (χ4n) is 3.26. The van der Waals surface area contributed by atoms with Gasteiger partial charge in [0.25, 0.3) is 0 Å². The molecule has 116 valence electrons. The molecule has 0 aromatic heterocycles. The summed E-state index contributed by atoms with van der Waals surface area (Å²) in [5.74, 6) is -0.784. The van der Waals surface area contributed by atoms with Crippen molar-refractivity contribution in [3.63, 3.8) is 0 Å². The highest BCUT2D eigenvalue weighted by molar-refractivity contribution is 5.82. The van der Waals surface area contributed by atoms with Crippen LogP contribution in [0, 0.1) is 5.82 Å². The molecule has 1 N–H and O–H groups in total. The second-order valence-electron chi connectivity index (χ2n) is 5.71. The maximum Gasteiger partial charge on any atom is 0.330 e. The first-order valence-corrected chi connectivity index (χ1v) is 7.75. The average Bonchev–Trinajstić information content (AvgIpc) is 2.53. The van der Waals surface area contributed by atoms with E-state index in [2.05, 4.69) is 5.32 Å². The first-order chi connectivity index (χ1) is 10.1. The van der Waals surface area contributed by atoms with Crippen molar-refractivity contribution in [2.24, 2.45) is 0 Å². The molecule has 2 rings (SSSR count). The molecule has 1 aliphatic carbocycles. The molecule has 1 fully saturated rings. The molecule has 1 aromatic rings. The standard InChI is InChI=1S/C17H24FNO2/c1-3-17(16(20)21-2,14-11-7-8-12-15(14)18)19-13-9-5-4-6-10-13/h7-8,11-13,19H,3-6,9-10H2,1-2H3. The van der Waals surface area contributed by atoms with Gasteiger partial charge in [-0.15, -0.1) is 0 Å². The zero-order chi connectivity index (χ0) is 15.3. The molecule has 1 atom stereocenters. The van der Waals surface area contributed by atoms with Gasteiger partial charge in [0.2, 0.25) is 0 Å². The zero-order valence-electron chi connectivity index (χ0n) is 12.8. The molecule has 3 nitrogen and oxygen atoms in total. The van der Waals surface area contributed by atoms with E-state index in [1.807, 2.05) is 6.92 Å². The summed E-state index contributed by atoms with van der Waals surface area (Å²) in [6.45, 7) is 1.89. The van der Waals surface area contributed by atoms with Crippen LogP contribution in [0.4, 0.5) is 4.39 Å². The number of halogens is 1. The minimum Gasteiger partial charge on any atom is -0.467 e. The molecule has 0 aliphatic heterocycles. The lowest BCUT2D eigenvalue weighted by atomic mass is 9.83. The molecule has 0 spiro atoms. The Hall–Kier alpha value is -1.42. The van der Waals surface area contributed by atoms with Crippen LogP contribution in [0.1, 0.15) is 51.0 Å². The SMILES string of the molecule is CCC(NC1CCCCC1)(C(=O)OC)c1ccccc1F. The molecular formula is C17H24FNO2. The van der Waals surface area contributed by atoms with Crippen molar-refractivity contribution >= 4 is 5.97 Å². The van der Waals surface area contributed by atoms with Crippen LogP contribution in [0.3, 0.4) is 0 Å². The predicted molar refractivity (Wildman–Crippen MR) is 80.4 cm³/mol. The van der Waals surface area contributed by atoms with E-state index in [1.165, 1.54) is 19.6 Å². The first-order valence-electron chi connectivity index (χ1n) is 7.75. The van der Waals surface area contributed by atoms with E-state index in [9.17, 15) is 9.18 Å². The monoisotopic (exact) mass is 293 g/mol. The van der Waals surface area contributed by atoms with Gasteiger partial charge in [0.05, 0.1) is 7.11 Å². The highest BCUT2D eigenvalue weighted by Crippen LogP contribution is 2.32. The lowest BCUT2D eigenvalue weighted by Crippen LogP contribution is -2.54. The lowest BCUT2D eigenvalue weighted by Gasteiger charge is -2.37. The van der Waals surface area contributed by atoms with Gasteiger partial charge in [0.1, 0.15) is 11.4 Å². The summed E-state index contributed by atoms with van der Waals surface area (Å²) in [4.78, 5) is 12.4. The normalized spacial score (nSPS) is 19.0. The Bertz CT molecular complexity index is 485. The Morgan fingerprint density at radius 2 is 2.00 bits per heavy atom. The Morgan fingerprint density at radius 1 is 1.33 bits per heavy atom. The van der Waals surface area contributed by atoms with E-state index in [1.54, 1.807) is 18.2 Å². The number of benzene rings is 1. The third kappa shape index (κ3) is 3.26. The molecule has 0 radical (unpaired) electrons. The minimum absolute atomic E-state index is 0.234. The van der Waals surface area contributed by atoms with Gasteiger partial charge in [0.15, 0.2) is 0 Å². The van der Waals surface area contributed by atoms with Crippen LogP contribution in [-0.4, -0.2) is 19.1 Å². The number of carbonyl (C=O) groups excluding carboxylic acids is 1. The lowest BCUT2D eigenvalue weighted by molar-refractivity contribution is -0.150. The van der Waals surface area contributed by atoms with Crippen LogP contribution in [0.25, 0.3) is 0 Å². The Kier molecular flexibility index (Phi) is 5.34. The van der Waals surface area contributed by atoms with Crippen LogP contribution in [0.5, 0.6) is 0 Å². The fourth-order valence-corrected chi connectivity index (χ4v) is 3.26. The third-order valence-corrected chi connectivity index (χ3v) is 4.45. The highest BCUT2D eigenvalue weighted by atomic mass is 19.1. The van der Waals surface area contributed by atoms with E-state index >= 15 is 0 Å². The molecule has 21 heavy (non-hydrogen) atoms. The predicted octanol–water partition coefficient (Wildman–Crippen LogP) is 3.53. The van der Waals surface area contributed by atoms with Crippen molar-refractivity contribution < 1.29 is 13.9 Å². The largest absolute Gasteiger partial charge is 0.467 e. The van der Waals surface area contributed by atoms with Gasteiger partial charge >= 0.3 is 5.97 Å². The second-order valence-corrected chi connectivity index (χ2v) is 5.71. The number of esters is 1. The summed E-state index contributed by atoms with van der Waals surface area (Å²) in [6.07, 6.45) is 6.03. The molecule has 0 amide bonds. The van der Waals surface area contributed by atoms with Gasteiger partial charge in [0, 0.05) is 11.6 Å². The maximum absolute atomic E-state index is 14.3. The third-order valence-electron chi connectivity index (χ3n) is 4.45. The van der Waals surface area contributed by atoms with Crippen molar-refractivity contribution in [3.05, 3.63) is 35.6 Å². The van der Waals surface area contributed by atoms with Crippen LogP contribution in [-0.2, 0) is 15.1 Å². The molecule has 0 saturated heterocycles. The minimum atomic E-state index is -1.10. The average molecular weight is 293 g/mol. The Morgan fingerprint density at radius 3 is 2.57 bits per heavy atom. The molecule has 4 heteroatoms. The molecule has 1 aliphatic rings. The molecule has 0 heterocycles. The van der Waals surface area contributed by atoms with Gasteiger partial charge in [-0.1, -0.05) is 44.4 Å². The Balaban J connectivity index is 2.37. The number of hydrogen-bond acceptors (Lipinski definition) is 3. The number of nitrogens with one attached hydrogen (secondary N) is 1. The van der Waals surface area contributed by atoms with E-state index < -0.39 is 11.5 Å². The van der Waals surface area contributed by atoms with Gasteiger partial charge in [-0.05, 0) is 25.3 Å².